The number of rotatable bonds is 3. The van der Waals surface area contributed by atoms with Crippen LogP contribution in [-0.4, -0.2) is 56.6 Å². The molecule has 6 heteroatoms. The van der Waals surface area contributed by atoms with Crippen LogP contribution in [0.4, 0.5) is 0 Å². The van der Waals surface area contributed by atoms with Crippen LogP contribution in [0.3, 0.4) is 0 Å². The van der Waals surface area contributed by atoms with Crippen LogP contribution in [0.15, 0.2) is 48.8 Å². The highest BCUT2D eigenvalue weighted by Crippen LogP contribution is 2.34. The average molecular weight is 347 g/mol. The van der Waals surface area contributed by atoms with Gasteiger partial charge in [0.15, 0.2) is 5.69 Å². The minimum atomic E-state index is 0.0362. The number of para-hydroxylation sites is 1. The number of amides is 1. The Labute approximate surface area is 151 Å². The van der Waals surface area contributed by atoms with Crippen LogP contribution in [0.25, 0.3) is 10.9 Å². The van der Waals surface area contributed by atoms with Crippen molar-refractivity contribution in [1.82, 2.24) is 25.0 Å². The van der Waals surface area contributed by atoms with E-state index in [-0.39, 0.29) is 5.91 Å². The lowest BCUT2D eigenvalue weighted by Gasteiger charge is -2.53. The normalized spacial score (nSPS) is 22.8. The van der Waals surface area contributed by atoms with Gasteiger partial charge in [0.25, 0.3) is 5.91 Å². The van der Waals surface area contributed by atoms with E-state index in [1.807, 2.05) is 41.4 Å². The second-order valence-electron chi connectivity index (χ2n) is 7.28. The van der Waals surface area contributed by atoms with Gasteiger partial charge in [-0.25, -0.2) is 0 Å². The minimum Gasteiger partial charge on any atom is -0.336 e. The Morgan fingerprint density at radius 1 is 1.19 bits per heavy atom. The molecule has 2 saturated heterocycles. The predicted octanol–water partition coefficient (Wildman–Crippen LogP) is 2.30. The van der Waals surface area contributed by atoms with Crippen LogP contribution >= 0.6 is 0 Å². The van der Waals surface area contributed by atoms with Crippen LogP contribution in [0.2, 0.25) is 0 Å². The molecule has 5 rings (SSSR count). The highest BCUT2D eigenvalue weighted by atomic mass is 16.2. The van der Waals surface area contributed by atoms with Crippen molar-refractivity contribution in [2.75, 3.05) is 19.6 Å². The van der Waals surface area contributed by atoms with E-state index in [2.05, 4.69) is 26.1 Å². The van der Waals surface area contributed by atoms with Crippen LogP contribution in [0.5, 0.6) is 0 Å². The number of pyridine rings is 1. The van der Waals surface area contributed by atoms with E-state index in [0.29, 0.717) is 17.7 Å². The van der Waals surface area contributed by atoms with Crippen molar-refractivity contribution >= 4 is 16.8 Å². The summed E-state index contributed by atoms with van der Waals surface area (Å²) in [7, 11) is 0. The van der Waals surface area contributed by atoms with E-state index >= 15 is 0 Å². The molecule has 0 saturated carbocycles. The zero-order valence-corrected chi connectivity index (χ0v) is 14.5. The first kappa shape index (κ1) is 15.5. The molecule has 4 heterocycles. The molecule has 3 aromatic rings. The van der Waals surface area contributed by atoms with Gasteiger partial charge in [0.1, 0.15) is 0 Å². The number of piperidine rings is 1. The highest BCUT2D eigenvalue weighted by molar-refractivity contribution is 6.04. The molecule has 2 aliphatic heterocycles. The monoisotopic (exact) mass is 347 g/mol. The number of hydrogen-bond acceptors (Lipinski definition) is 4. The van der Waals surface area contributed by atoms with Crippen molar-refractivity contribution in [2.24, 2.45) is 5.92 Å². The number of likely N-dealkylation sites (tertiary alicyclic amines) is 2. The molecule has 0 radical (unpaired) electrons. The molecule has 1 amide bonds. The molecule has 2 fully saturated rings. The van der Waals surface area contributed by atoms with Crippen LogP contribution in [-0.2, 0) is 6.54 Å². The molecule has 0 bridgehead atoms. The van der Waals surface area contributed by atoms with Crippen LogP contribution in [0, 0.1) is 5.92 Å². The van der Waals surface area contributed by atoms with Gasteiger partial charge in [0, 0.05) is 50.0 Å². The molecule has 2 aliphatic rings. The van der Waals surface area contributed by atoms with E-state index in [1.54, 1.807) is 6.20 Å². The summed E-state index contributed by atoms with van der Waals surface area (Å²) in [5.41, 5.74) is 2.68. The fourth-order valence-corrected chi connectivity index (χ4v) is 4.27. The summed E-state index contributed by atoms with van der Waals surface area (Å²) in [6.07, 6.45) is 4.80. The second-order valence-corrected chi connectivity index (χ2v) is 7.28. The van der Waals surface area contributed by atoms with Crippen molar-refractivity contribution in [3.05, 3.63) is 60.0 Å². The lowest BCUT2D eigenvalue weighted by molar-refractivity contribution is -0.0428. The fraction of sp³-hybridized carbons (Fsp3) is 0.350. The largest absolute Gasteiger partial charge is 0.336 e. The molecule has 0 spiro atoms. The topological polar surface area (TPSA) is 65.1 Å². The Hall–Kier alpha value is -2.73. The van der Waals surface area contributed by atoms with E-state index in [9.17, 15) is 4.79 Å². The van der Waals surface area contributed by atoms with Gasteiger partial charge >= 0.3 is 0 Å². The first-order valence-electron chi connectivity index (χ1n) is 9.15. The maximum Gasteiger partial charge on any atom is 0.275 e. The molecular weight excluding hydrogens is 326 g/mol. The Kier molecular flexibility index (Phi) is 3.71. The van der Waals surface area contributed by atoms with Gasteiger partial charge in [-0.15, -0.1) is 0 Å². The number of fused-ring (bicyclic) bond motifs is 2. The number of aromatic nitrogens is 3. The first-order valence-corrected chi connectivity index (χ1v) is 9.15. The van der Waals surface area contributed by atoms with Gasteiger partial charge in [-0.1, -0.05) is 24.3 Å². The van der Waals surface area contributed by atoms with Crippen molar-refractivity contribution in [3.63, 3.8) is 0 Å². The van der Waals surface area contributed by atoms with Crippen molar-refractivity contribution in [1.29, 1.82) is 0 Å². The summed E-state index contributed by atoms with van der Waals surface area (Å²) in [6, 6.07) is 12.3. The summed E-state index contributed by atoms with van der Waals surface area (Å²) in [6.45, 7) is 3.63. The number of hydrogen-bond donors (Lipinski definition) is 1. The number of carbonyl (C=O) groups is 1. The number of carbonyl (C=O) groups excluding carboxylic acids is 1. The van der Waals surface area contributed by atoms with Crippen molar-refractivity contribution in [2.45, 2.75) is 19.0 Å². The number of aromatic amines is 1. The number of nitrogens with zero attached hydrogens (tertiary/aromatic N) is 4. The van der Waals surface area contributed by atoms with Gasteiger partial charge in [-0.05, 0) is 30.0 Å². The molecule has 2 atom stereocenters. The number of H-pyrrole nitrogens is 1. The highest BCUT2D eigenvalue weighted by Gasteiger charge is 2.43. The van der Waals surface area contributed by atoms with E-state index in [1.165, 1.54) is 5.56 Å². The second kappa shape index (κ2) is 6.21. The maximum absolute atomic E-state index is 13.0. The lowest BCUT2D eigenvalue weighted by atomic mass is 9.82. The smallest absolute Gasteiger partial charge is 0.275 e. The Balaban J connectivity index is 1.31. The Bertz CT molecular complexity index is 938. The molecular formula is C20H21N5O. The van der Waals surface area contributed by atoms with Crippen LogP contribution < -0.4 is 0 Å². The van der Waals surface area contributed by atoms with E-state index < -0.39 is 0 Å². The average Bonchev–Trinajstić information content (AvgIpc) is 3.10. The molecule has 26 heavy (non-hydrogen) atoms. The third-order valence-electron chi connectivity index (χ3n) is 5.73. The Morgan fingerprint density at radius 3 is 3.00 bits per heavy atom. The van der Waals surface area contributed by atoms with Crippen LogP contribution in [0.1, 0.15) is 22.5 Å². The maximum atomic E-state index is 13.0. The summed E-state index contributed by atoms with van der Waals surface area (Å²) in [4.78, 5) is 21.7. The summed E-state index contributed by atoms with van der Waals surface area (Å²) < 4.78 is 0. The van der Waals surface area contributed by atoms with Gasteiger partial charge < -0.3 is 4.90 Å². The third-order valence-corrected chi connectivity index (χ3v) is 5.73. The zero-order chi connectivity index (χ0) is 17.5. The first-order chi connectivity index (χ1) is 12.8. The molecule has 1 aromatic carbocycles. The lowest BCUT2D eigenvalue weighted by Crippen LogP contribution is -2.64. The van der Waals surface area contributed by atoms with Gasteiger partial charge in [0.2, 0.25) is 0 Å². The summed E-state index contributed by atoms with van der Waals surface area (Å²) in [5, 5.41) is 8.15. The molecule has 0 unspecified atom stereocenters. The van der Waals surface area contributed by atoms with Gasteiger partial charge in [-0.3, -0.25) is 19.8 Å². The quantitative estimate of drug-likeness (QED) is 0.790. The van der Waals surface area contributed by atoms with E-state index in [4.69, 9.17) is 0 Å². The van der Waals surface area contributed by atoms with E-state index in [0.717, 1.165) is 43.5 Å². The Morgan fingerprint density at radius 2 is 2.12 bits per heavy atom. The minimum absolute atomic E-state index is 0.0362. The molecule has 6 nitrogen and oxygen atoms in total. The third kappa shape index (κ3) is 2.57. The standard InChI is InChI=1S/C20H21N5O/c26-20(19-16-5-1-2-6-17(16)22-23-19)24-9-7-15-12-25(18(15)13-24)11-14-4-3-8-21-10-14/h1-6,8,10,15,18H,7,9,11-13H2,(H,22,23)/t15-,18-/m1/s1. The van der Waals surface area contributed by atoms with Crippen molar-refractivity contribution in [3.8, 4) is 0 Å². The zero-order valence-electron chi connectivity index (χ0n) is 14.5. The number of benzene rings is 1. The molecule has 0 aliphatic carbocycles. The molecule has 1 N–H and O–H groups in total. The van der Waals surface area contributed by atoms with Gasteiger partial charge in [0.05, 0.1) is 5.52 Å². The summed E-state index contributed by atoms with van der Waals surface area (Å²) >= 11 is 0. The molecule has 2 aromatic heterocycles. The predicted molar refractivity (Wildman–Crippen MR) is 98.5 cm³/mol. The fourth-order valence-electron chi connectivity index (χ4n) is 4.27. The van der Waals surface area contributed by atoms with Crippen molar-refractivity contribution < 1.29 is 4.79 Å². The van der Waals surface area contributed by atoms with Gasteiger partial charge in [-0.2, -0.15) is 5.10 Å². The number of nitrogens with one attached hydrogen (secondary N) is 1. The summed E-state index contributed by atoms with van der Waals surface area (Å²) in [5.74, 6) is 0.737. The SMILES string of the molecule is O=C(c1n[nH]c2ccccc12)N1CC[C@@H]2CN(Cc3cccnc3)[C@@H]2C1. The molecule has 132 valence electrons.